The number of nitrogens with zero attached hydrogens (tertiary/aromatic N) is 2. The van der Waals surface area contributed by atoms with Crippen LogP contribution in [0.1, 0.15) is 44.2 Å². The molecule has 0 spiro atoms. The molecule has 1 aromatic carbocycles. The Morgan fingerprint density at radius 3 is 2.33 bits per heavy atom. The summed E-state index contributed by atoms with van der Waals surface area (Å²) in [4.78, 5) is 17.2. The fraction of sp³-hybridized carbons (Fsp3) is 0.455. The van der Waals surface area contributed by atoms with Crippen LogP contribution in [0, 0.1) is 0 Å². The standard InChI is InChI=1S/C22H26F3N3O2/c1-13(26-4)17-10-9-16(12-27-17)14-5-7-15(8-6-14)19-18(11-23)28(21(29)20(24)25)22(2,3)30-19/h5-10,12-13,18-20,26H,11H2,1-4H3/t13?,18-,19-/m1/s1. The number of carbonyl (C=O) groups is 1. The van der Waals surface area contributed by atoms with E-state index in [0.29, 0.717) is 5.56 Å². The smallest absolute Gasteiger partial charge is 0.315 e. The first-order valence-corrected chi connectivity index (χ1v) is 9.78. The van der Waals surface area contributed by atoms with Crippen molar-refractivity contribution in [2.45, 2.75) is 51.1 Å². The number of carbonyl (C=O) groups excluding carboxylic acids is 1. The molecule has 0 aliphatic carbocycles. The van der Waals surface area contributed by atoms with Crippen molar-refractivity contribution >= 4 is 5.91 Å². The predicted molar refractivity (Wildman–Crippen MR) is 108 cm³/mol. The van der Waals surface area contributed by atoms with E-state index in [1.807, 2.05) is 38.2 Å². The molecule has 5 nitrogen and oxygen atoms in total. The lowest BCUT2D eigenvalue weighted by molar-refractivity contribution is -0.159. The summed E-state index contributed by atoms with van der Waals surface area (Å²) in [5, 5.41) is 3.13. The molecule has 3 atom stereocenters. The maximum Gasteiger partial charge on any atom is 0.315 e. The van der Waals surface area contributed by atoms with Crippen LogP contribution in [0.25, 0.3) is 11.1 Å². The van der Waals surface area contributed by atoms with Gasteiger partial charge in [-0.15, -0.1) is 0 Å². The third-order valence-corrected chi connectivity index (χ3v) is 5.49. The Balaban J connectivity index is 1.84. The van der Waals surface area contributed by atoms with Gasteiger partial charge < -0.3 is 15.0 Å². The van der Waals surface area contributed by atoms with Gasteiger partial charge >= 0.3 is 6.43 Å². The van der Waals surface area contributed by atoms with Gasteiger partial charge in [0, 0.05) is 17.8 Å². The summed E-state index contributed by atoms with van der Waals surface area (Å²) in [6.07, 6.45) is -2.27. The lowest BCUT2D eigenvalue weighted by atomic mass is 9.99. The highest BCUT2D eigenvalue weighted by Crippen LogP contribution is 2.42. The molecule has 1 fully saturated rings. The second-order valence-corrected chi connectivity index (χ2v) is 7.82. The Bertz CT molecular complexity index is 872. The van der Waals surface area contributed by atoms with Gasteiger partial charge in [0.2, 0.25) is 0 Å². The van der Waals surface area contributed by atoms with Gasteiger partial charge in [-0.2, -0.15) is 8.78 Å². The lowest BCUT2D eigenvalue weighted by Crippen LogP contribution is -2.51. The van der Waals surface area contributed by atoms with E-state index in [4.69, 9.17) is 4.74 Å². The number of rotatable bonds is 6. The second-order valence-electron chi connectivity index (χ2n) is 7.82. The van der Waals surface area contributed by atoms with E-state index >= 15 is 0 Å². The van der Waals surface area contributed by atoms with E-state index < -0.39 is 36.9 Å². The van der Waals surface area contributed by atoms with Crippen LogP contribution in [0.15, 0.2) is 42.6 Å². The summed E-state index contributed by atoms with van der Waals surface area (Å²) in [6, 6.07) is 10.1. The largest absolute Gasteiger partial charge is 0.346 e. The van der Waals surface area contributed by atoms with Gasteiger partial charge in [-0.1, -0.05) is 30.3 Å². The number of benzene rings is 1. The normalized spacial score (nSPS) is 21.8. The van der Waals surface area contributed by atoms with Crippen LogP contribution in [0.2, 0.25) is 0 Å². The zero-order valence-electron chi connectivity index (χ0n) is 17.4. The van der Waals surface area contributed by atoms with Gasteiger partial charge in [-0.25, -0.2) is 4.39 Å². The van der Waals surface area contributed by atoms with Crippen molar-refractivity contribution in [2.75, 3.05) is 13.7 Å². The van der Waals surface area contributed by atoms with Gasteiger partial charge in [0.25, 0.3) is 5.91 Å². The number of alkyl halides is 3. The number of hydrogen-bond acceptors (Lipinski definition) is 4. The summed E-state index contributed by atoms with van der Waals surface area (Å²) in [6.45, 7) is 4.01. The number of nitrogens with one attached hydrogen (secondary N) is 1. The zero-order chi connectivity index (χ0) is 22.1. The van der Waals surface area contributed by atoms with Crippen LogP contribution in [0.5, 0.6) is 0 Å². The molecule has 2 aromatic rings. The van der Waals surface area contributed by atoms with E-state index in [-0.39, 0.29) is 6.04 Å². The molecule has 0 bridgehead atoms. The molecule has 1 amide bonds. The minimum Gasteiger partial charge on any atom is -0.346 e. The van der Waals surface area contributed by atoms with Crippen LogP contribution < -0.4 is 5.32 Å². The fourth-order valence-corrected chi connectivity index (χ4v) is 3.80. The molecular weight excluding hydrogens is 395 g/mol. The monoisotopic (exact) mass is 421 g/mol. The Labute approximate surface area is 174 Å². The number of aromatic nitrogens is 1. The molecule has 1 unspecified atom stereocenters. The van der Waals surface area contributed by atoms with E-state index in [1.165, 1.54) is 13.8 Å². The van der Waals surface area contributed by atoms with Crippen molar-refractivity contribution in [3.63, 3.8) is 0 Å². The molecule has 1 aliphatic heterocycles. The highest BCUT2D eigenvalue weighted by molar-refractivity contribution is 5.80. The van der Waals surface area contributed by atoms with Crippen molar-refractivity contribution in [3.8, 4) is 11.1 Å². The third kappa shape index (κ3) is 4.20. The molecule has 0 radical (unpaired) electrons. The lowest BCUT2D eigenvalue weighted by Gasteiger charge is -2.32. The predicted octanol–water partition coefficient (Wildman–Crippen LogP) is 4.27. The highest BCUT2D eigenvalue weighted by atomic mass is 19.3. The zero-order valence-corrected chi connectivity index (χ0v) is 17.4. The van der Waals surface area contributed by atoms with E-state index in [0.717, 1.165) is 21.7 Å². The molecule has 0 saturated carbocycles. The van der Waals surface area contributed by atoms with Gasteiger partial charge in [0.15, 0.2) is 0 Å². The molecule has 162 valence electrons. The van der Waals surface area contributed by atoms with E-state index in [2.05, 4.69) is 10.3 Å². The molecule has 1 saturated heterocycles. The molecular formula is C22H26F3N3O2. The average molecular weight is 421 g/mol. The Morgan fingerprint density at radius 1 is 1.20 bits per heavy atom. The molecule has 1 N–H and O–H groups in total. The summed E-state index contributed by atoms with van der Waals surface area (Å²) in [7, 11) is 1.87. The minimum atomic E-state index is -3.22. The van der Waals surface area contributed by atoms with Crippen molar-refractivity contribution in [3.05, 3.63) is 53.9 Å². The summed E-state index contributed by atoms with van der Waals surface area (Å²) < 4.78 is 45.7. The first-order valence-electron chi connectivity index (χ1n) is 9.78. The topological polar surface area (TPSA) is 54.5 Å². The molecule has 8 heteroatoms. The highest BCUT2D eigenvalue weighted by Gasteiger charge is 2.52. The van der Waals surface area contributed by atoms with Crippen molar-refractivity contribution in [1.82, 2.24) is 15.2 Å². The van der Waals surface area contributed by atoms with Crippen LogP contribution in [-0.4, -0.2) is 47.7 Å². The Hall–Kier alpha value is -2.45. The van der Waals surface area contributed by atoms with Crippen molar-refractivity contribution in [2.24, 2.45) is 0 Å². The van der Waals surface area contributed by atoms with Crippen LogP contribution in [0.4, 0.5) is 13.2 Å². The van der Waals surface area contributed by atoms with E-state index in [1.54, 1.807) is 18.3 Å². The number of hydrogen-bond donors (Lipinski definition) is 1. The summed E-state index contributed by atoms with van der Waals surface area (Å²) >= 11 is 0. The minimum absolute atomic E-state index is 0.140. The van der Waals surface area contributed by atoms with Crippen LogP contribution >= 0.6 is 0 Å². The van der Waals surface area contributed by atoms with Gasteiger partial charge in [-0.3, -0.25) is 9.78 Å². The van der Waals surface area contributed by atoms with Gasteiger partial charge in [0.1, 0.15) is 18.5 Å². The molecule has 1 aromatic heterocycles. The fourth-order valence-electron chi connectivity index (χ4n) is 3.80. The second kappa shape index (κ2) is 8.73. The van der Waals surface area contributed by atoms with E-state index in [9.17, 15) is 18.0 Å². The maximum absolute atomic E-state index is 13.8. The summed E-state index contributed by atoms with van der Waals surface area (Å²) in [5.74, 6) is -1.43. The van der Waals surface area contributed by atoms with Crippen molar-refractivity contribution < 1.29 is 22.7 Å². The van der Waals surface area contributed by atoms with Gasteiger partial charge in [0.05, 0.1) is 11.7 Å². The van der Waals surface area contributed by atoms with Crippen molar-refractivity contribution in [1.29, 1.82) is 0 Å². The molecule has 30 heavy (non-hydrogen) atoms. The van der Waals surface area contributed by atoms with Crippen LogP contribution in [-0.2, 0) is 9.53 Å². The summed E-state index contributed by atoms with van der Waals surface area (Å²) in [5.41, 5.74) is 2.03. The molecule has 2 heterocycles. The molecule has 3 rings (SSSR count). The quantitative estimate of drug-likeness (QED) is 0.757. The third-order valence-electron chi connectivity index (χ3n) is 5.49. The number of amides is 1. The van der Waals surface area contributed by atoms with Crippen LogP contribution in [0.3, 0.4) is 0 Å². The first kappa shape index (κ1) is 22.2. The maximum atomic E-state index is 13.8. The van der Waals surface area contributed by atoms with Gasteiger partial charge in [-0.05, 0) is 45.0 Å². The Kier molecular flexibility index (Phi) is 6.47. The SMILES string of the molecule is CNC(C)c1ccc(-c2ccc([C@H]3OC(C)(C)N(C(=O)C(F)F)[C@@H]3CF)cc2)cn1. The Morgan fingerprint density at radius 2 is 1.83 bits per heavy atom. The molecule has 1 aliphatic rings. The number of pyridine rings is 1. The first-order chi connectivity index (χ1) is 14.2. The number of ether oxygens (including phenoxy) is 1. The number of halogens is 3. The average Bonchev–Trinajstić information content (AvgIpc) is 3.02.